The Morgan fingerprint density at radius 1 is 1.31 bits per heavy atom. The van der Waals surface area contributed by atoms with Gasteiger partial charge in [-0.05, 0) is 43.5 Å². The predicted octanol–water partition coefficient (Wildman–Crippen LogP) is 3.51. The van der Waals surface area contributed by atoms with Crippen molar-refractivity contribution < 1.29 is 4.42 Å². The van der Waals surface area contributed by atoms with E-state index in [0.29, 0.717) is 5.02 Å². The third-order valence-electron chi connectivity index (χ3n) is 3.29. The zero-order valence-electron chi connectivity index (χ0n) is 9.00. The Morgan fingerprint density at radius 3 is 2.88 bits per heavy atom. The van der Waals surface area contributed by atoms with E-state index in [1.54, 1.807) is 0 Å². The van der Waals surface area contributed by atoms with Crippen LogP contribution in [0.1, 0.15) is 25.0 Å². The average Bonchev–Trinajstić information content (AvgIpc) is 2.85. The molecule has 16 heavy (non-hydrogen) atoms. The maximum absolute atomic E-state index is 6.05. The molecule has 3 heteroatoms. The van der Waals surface area contributed by atoms with Gasteiger partial charge in [0.2, 0.25) is 0 Å². The van der Waals surface area contributed by atoms with E-state index >= 15 is 0 Å². The molecule has 0 spiro atoms. The Labute approximate surface area is 99.4 Å². The van der Waals surface area contributed by atoms with Gasteiger partial charge in [-0.25, -0.2) is 0 Å². The lowest BCUT2D eigenvalue weighted by Crippen LogP contribution is -2.21. The third-order valence-corrected chi connectivity index (χ3v) is 3.53. The zero-order valence-corrected chi connectivity index (χ0v) is 9.76. The van der Waals surface area contributed by atoms with Crippen LogP contribution in [-0.2, 0) is 6.42 Å². The first kappa shape index (κ1) is 10.2. The fourth-order valence-corrected chi connectivity index (χ4v) is 2.13. The van der Waals surface area contributed by atoms with Crippen LogP contribution in [0.4, 0.5) is 0 Å². The van der Waals surface area contributed by atoms with Gasteiger partial charge in [-0.2, -0.15) is 0 Å². The van der Waals surface area contributed by atoms with E-state index < -0.39 is 0 Å². The van der Waals surface area contributed by atoms with Gasteiger partial charge in [0.25, 0.3) is 0 Å². The highest BCUT2D eigenvalue weighted by Gasteiger charge is 2.37. The number of halogens is 1. The summed E-state index contributed by atoms with van der Waals surface area (Å²) < 4.78 is 5.73. The standard InChI is InChI=1S/C13H14ClNO/c14-10-2-1-9-7-11(16-12(9)8-10)3-4-13(15)5-6-13/h1-2,7-8H,3-6,15H2. The van der Waals surface area contributed by atoms with Crippen molar-refractivity contribution in [2.75, 3.05) is 0 Å². The molecule has 0 saturated heterocycles. The van der Waals surface area contributed by atoms with Gasteiger partial charge in [0.05, 0.1) is 0 Å². The minimum absolute atomic E-state index is 0.0939. The number of hydrogen-bond donors (Lipinski definition) is 1. The quantitative estimate of drug-likeness (QED) is 0.884. The number of hydrogen-bond acceptors (Lipinski definition) is 2. The molecule has 1 aliphatic rings. The van der Waals surface area contributed by atoms with Crippen molar-refractivity contribution in [1.29, 1.82) is 0 Å². The first-order valence-electron chi connectivity index (χ1n) is 5.62. The fourth-order valence-electron chi connectivity index (χ4n) is 1.97. The van der Waals surface area contributed by atoms with Gasteiger partial charge >= 0.3 is 0 Å². The van der Waals surface area contributed by atoms with Crippen LogP contribution < -0.4 is 5.73 Å². The maximum Gasteiger partial charge on any atom is 0.135 e. The van der Waals surface area contributed by atoms with Crippen molar-refractivity contribution in [3.8, 4) is 0 Å². The molecule has 2 aromatic rings. The average molecular weight is 236 g/mol. The van der Waals surface area contributed by atoms with Gasteiger partial charge in [0, 0.05) is 22.4 Å². The summed E-state index contributed by atoms with van der Waals surface area (Å²) >= 11 is 5.91. The van der Waals surface area contributed by atoms with Gasteiger partial charge in [0.1, 0.15) is 11.3 Å². The minimum Gasteiger partial charge on any atom is -0.461 e. The first-order valence-corrected chi connectivity index (χ1v) is 5.99. The van der Waals surface area contributed by atoms with Crippen molar-refractivity contribution in [2.24, 2.45) is 5.73 Å². The van der Waals surface area contributed by atoms with Crippen LogP contribution in [0.2, 0.25) is 5.02 Å². The molecule has 0 aliphatic heterocycles. The number of furan rings is 1. The minimum atomic E-state index is 0.0939. The fraction of sp³-hybridized carbons (Fsp3) is 0.385. The second kappa shape index (κ2) is 3.51. The van der Waals surface area contributed by atoms with E-state index in [0.717, 1.165) is 42.4 Å². The Morgan fingerprint density at radius 2 is 2.12 bits per heavy atom. The van der Waals surface area contributed by atoms with Crippen LogP contribution in [0.5, 0.6) is 0 Å². The molecular weight excluding hydrogens is 222 g/mol. The van der Waals surface area contributed by atoms with Gasteiger partial charge in [0.15, 0.2) is 0 Å². The molecule has 84 valence electrons. The summed E-state index contributed by atoms with van der Waals surface area (Å²) in [6.45, 7) is 0. The third kappa shape index (κ3) is 1.95. The molecule has 3 rings (SSSR count). The molecule has 0 radical (unpaired) electrons. The van der Waals surface area contributed by atoms with Crippen molar-refractivity contribution in [1.82, 2.24) is 0 Å². The highest BCUT2D eigenvalue weighted by Crippen LogP contribution is 2.37. The number of rotatable bonds is 3. The van der Waals surface area contributed by atoms with E-state index in [9.17, 15) is 0 Å². The molecule has 1 aromatic carbocycles. The molecule has 2 nitrogen and oxygen atoms in total. The first-order chi connectivity index (χ1) is 7.65. The molecular formula is C13H14ClNO. The smallest absolute Gasteiger partial charge is 0.135 e. The Kier molecular flexibility index (Phi) is 2.23. The van der Waals surface area contributed by atoms with Gasteiger partial charge < -0.3 is 10.2 Å². The van der Waals surface area contributed by atoms with E-state index in [1.807, 2.05) is 18.2 Å². The van der Waals surface area contributed by atoms with Gasteiger partial charge in [-0.1, -0.05) is 11.6 Å². The Hall–Kier alpha value is -0.990. The predicted molar refractivity (Wildman–Crippen MR) is 65.7 cm³/mol. The Balaban J connectivity index is 1.82. The summed E-state index contributed by atoms with van der Waals surface area (Å²) in [5, 5.41) is 1.83. The van der Waals surface area contributed by atoms with Crippen molar-refractivity contribution in [2.45, 2.75) is 31.2 Å². The topological polar surface area (TPSA) is 39.2 Å². The van der Waals surface area contributed by atoms with Gasteiger partial charge in [-0.3, -0.25) is 0 Å². The van der Waals surface area contributed by atoms with Crippen molar-refractivity contribution in [3.05, 3.63) is 35.0 Å². The summed E-state index contributed by atoms with van der Waals surface area (Å²) in [7, 11) is 0. The van der Waals surface area contributed by atoms with Crippen LogP contribution in [0, 0.1) is 0 Å². The van der Waals surface area contributed by atoms with Crippen LogP contribution in [0.25, 0.3) is 11.0 Å². The lowest BCUT2D eigenvalue weighted by atomic mass is 10.1. The normalized spacial score (nSPS) is 17.9. The molecule has 0 unspecified atom stereocenters. The lowest BCUT2D eigenvalue weighted by molar-refractivity contribution is 0.507. The summed E-state index contributed by atoms with van der Waals surface area (Å²) in [6.07, 6.45) is 4.24. The highest BCUT2D eigenvalue weighted by atomic mass is 35.5. The number of nitrogens with two attached hydrogens (primary N) is 1. The highest BCUT2D eigenvalue weighted by molar-refractivity contribution is 6.31. The van der Waals surface area contributed by atoms with Crippen LogP contribution in [0.15, 0.2) is 28.7 Å². The maximum atomic E-state index is 6.05. The molecule has 1 heterocycles. The zero-order chi connectivity index (χ0) is 11.2. The molecule has 1 saturated carbocycles. The molecule has 0 amide bonds. The van der Waals surface area contributed by atoms with Crippen LogP contribution in [0.3, 0.4) is 0 Å². The molecule has 1 fully saturated rings. The van der Waals surface area contributed by atoms with E-state index in [2.05, 4.69) is 6.07 Å². The molecule has 1 aromatic heterocycles. The van der Waals surface area contributed by atoms with Crippen molar-refractivity contribution in [3.63, 3.8) is 0 Å². The number of aryl methyl sites for hydroxylation is 1. The number of fused-ring (bicyclic) bond motifs is 1. The van der Waals surface area contributed by atoms with E-state index in [-0.39, 0.29) is 5.54 Å². The van der Waals surface area contributed by atoms with Crippen LogP contribution in [-0.4, -0.2) is 5.54 Å². The summed E-state index contributed by atoms with van der Waals surface area (Å²) in [5.41, 5.74) is 7.01. The SMILES string of the molecule is NC1(CCc2cc3ccc(Cl)cc3o2)CC1. The van der Waals surface area contributed by atoms with Crippen molar-refractivity contribution >= 4 is 22.6 Å². The second-order valence-electron chi connectivity index (χ2n) is 4.76. The largest absolute Gasteiger partial charge is 0.461 e. The van der Waals surface area contributed by atoms with Gasteiger partial charge in [-0.15, -0.1) is 0 Å². The van der Waals surface area contributed by atoms with Crippen LogP contribution >= 0.6 is 11.6 Å². The molecule has 2 N–H and O–H groups in total. The summed E-state index contributed by atoms with van der Waals surface area (Å²) in [4.78, 5) is 0. The molecule has 1 aliphatic carbocycles. The summed E-state index contributed by atoms with van der Waals surface area (Å²) in [6, 6.07) is 7.81. The Bertz CT molecular complexity index is 528. The lowest BCUT2D eigenvalue weighted by Gasteiger charge is -2.04. The number of benzene rings is 1. The van der Waals surface area contributed by atoms with E-state index in [1.165, 1.54) is 0 Å². The molecule has 0 atom stereocenters. The molecule has 0 bridgehead atoms. The monoisotopic (exact) mass is 235 g/mol. The van der Waals surface area contributed by atoms with E-state index in [4.69, 9.17) is 21.8 Å². The second-order valence-corrected chi connectivity index (χ2v) is 5.19. The summed E-state index contributed by atoms with van der Waals surface area (Å²) in [5.74, 6) is 1.01.